The number of benzene rings is 2. The Kier molecular flexibility index (Phi) is 4.21. The van der Waals surface area contributed by atoms with Crippen molar-refractivity contribution in [1.82, 2.24) is 9.97 Å². The monoisotopic (exact) mass is 306 g/mol. The van der Waals surface area contributed by atoms with Gasteiger partial charge in [0.1, 0.15) is 11.3 Å². The van der Waals surface area contributed by atoms with Crippen LogP contribution in [0, 0.1) is 0 Å². The lowest BCUT2D eigenvalue weighted by molar-refractivity contribution is 0.480. The standard InChI is InChI=1S/C9H7NO.C9H7NS/c2*11-8-5-1-3-7-4-2-6-10-9(7)8/h2*1-6,11H. The first kappa shape index (κ1) is 14.4. The summed E-state index contributed by atoms with van der Waals surface area (Å²) in [5.41, 5.74) is 1.63. The number of aromatic nitrogens is 2. The molecule has 0 saturated carbocycles. The summed E-state index contributed by atoms with van der Waals surface area (Å²) in [6, 6.07) is 19.0. The van der Waals surface area contributed by atoms with E-state index in [4.69, 9.17) is 0 Å². The third-order valence-electron chi connectivity index (χ3n) is 3.22. The highest BCUT2D eigenvalue weighted by Crippen LogP contribution is 2.20. The molecular weight excluding hydrogens is 292 g/mol. The number of phenolic OH excluding ortho intramolecular Hbond substituents is 1. The number of pyridine rings is 2. The molecule has 0 aliphatic carbocycles. The molecule has 0 saturated heterocycles. The molecule has 3 nitrogen and oxygen atoms in total. The van der Waals surface area contributed by atoms with E-state index in [-0.39, 0.29) is 5.75 Å². The van der Waals surface area contributed by atoms with E-state index >= 15 is 0 Å². The highest BCUT2D eigenvalue weighted by atomic mass is 32.1. The lowest BCUT2D eigenvalue weighted by atomic mass is 10.2. The summed E-state index contributed by atoms with van der Waals surface area (Å²) in [6.45, 7) is 0. The third-order valence-corrected chi connectivity index (χ3v) is 3.58. The molecule has 0 atom stereocenters. The second-order valence-electron chi connectivity index (χ2n) is 4.70. The molecule has 4 heteroatoms. The fourth-order valence-corrected chi connectivity index (χ4v) is 2.45. The van der Waals surface area contributed by atoms with Crippen molar-refractivity contribution in [3.05, 3.63) is 73.1 Å². The molecule has 4 rings (SSSR count). The summed E-state index contributed by atoms with van der Waals surface area (Å²) in [6.07, 6.45) is 3.45. The minimum absolute atomic E-state index is 0.239. The molecule has 1 N–H and O–H groups in total. The van der Waals surface area contributed by atoms with Gasteiger partial charge in [-0.3, -0.25) is 9.97 Å². The molecule has 22 heavy (non-hydrogen) atoms. The molecule has 0 aliphatic heterocycles. The average molecular weight is 306 g/mol. The van der Waals surface area contributed by atoms with Gasteiger partial charge in [-0.15, -0.1) is 12.6 Å². The Hall–Kier alpha value is -2.59. The van der Waals surface area contributed by atoms with Crippen molar-refractivity contribution >= 4 is 34.4 Å². The van der Waals surface area contributed by atoms with Crippen LogP contribution in [0.2, 0.25) is 0 Å². The van der Waals surface area contributed by atoms with Crippen LogP contribution in [-0.2, 0) is 0 Å². The first-order valence-electron chi connectivity index (χ1n) is 6.81. The molecule has 0 radical (unpaired) electrons. The molecule has 0 spiro atoms. The average Bonchev–Trinajstić information content (AvgIpc) is 2.57. The fraction of sp³-hybridized carbons (Fsp3) is 0. The molecule has 0 bridgehead atoms. The van der Waals surface area contributed by atoms with Crippen molar-refractivity contribution in [2.45, 2.75) is 4.90 Å². The topological polar surface area (TPSA) is 46.0 Å². The second-order valence-corrected chi connectivity index (χ2v) is 5.19. The van der Waals surface area contributed by atoms with Crippen LogP contribution in [0.4, 0.5) is 0 Å². The number of hydrogen-bond acceptors (Lipinski definition) is 4. The van der Waals surface area contributed by atoms with E-state index in [0.717, 1.165) is 21.2 Å². The predicted molar refractivity (Wildman–Crippen MR) is 92.4 cm³/mol. The van der Waals surface area contributed by atoms with Crippen LogP contribution in [0.15, 0.2) is 78.0 Å². The summed E-state index contributed by atoms with van der Waals surface area (Å²) >= 11 is 4.29. The Morgan fingerprint density at radius 2 is 1.23 bits per heavy atom. The van der Waals surface area contributed by atoms with Crippen molar-refractivity contribution < 1.29 is 5.11 Å². The predicted octanol–water partition coefficient (Wildman–Crippen LogP) is 4.46. The van der Waals surface area contributed by atoms with Crippen LogP contribution in [0.3, 0.4) is 0 Å². The largest absolute Gasteiger partial charge is 0.506 e. The number of thiol groups is 1. The molecule has 2 aromatic carbocycles. The Balaban J connectivity index is 0.000000131. The van der Waals surface area contributed by atoms with Crippen LogP contribution >= 0.6 is 12.6 Å². The Bertz CT molecular complexity index is 837. The fourth-order valence-electron chi connectivity index (χ4n) is 2.18. The molecule has 0 fully saturated rings. The number of nitrogens with zero attached hydrogens (tertiary/aromatic N) is 2. The van der Waals surface area contributed by atoms with Gasteiger partial charge in [0, 0.05) is 28.1 Å². The number of phenols is 1. The van der Waals surface area contributed by atoms with Gasteiger partial charge in [0.25, 0.3) is 0 Å². The third kappa shape index (κ3) is 3.02. The molecule has 0 amide bonds. The van der Waals surface area contributed by atoms with Crippen LogP contribution in [-0.4, -0.2) is 15.1 Å². The first-order valence-corrected chi connectivity index (χ1v) is 7.26. The number of aromatic hydroxyl groups is 1. The molecular formula is C18H14N2OS. The number of para-hydroxylation sites is 2. The van der Waals surface area contributed by atoms with Gasteiger partial charge in [-0.25, -0.2) is 0 Å². The normalized spacial score (nSPS) is 10.2. The van der Waals surface area contributed by atoms with Crippen molar-refractivity contribution in [2.75, 3.05) is 0 Å². The molecule has 2 heterocycles. The summed E-state index contributed by atoms with van der Waals surface area (Å²) in [7, 11) is 0. The molecule has 4 aromatic rings. The molecule has 0 aliphatic rings. The Labute approximate surface area is 133 Å². The maximum atomic E-state index is 9.31. The minimum Gasteiger partial charge on any atom is -0.506 e. The Morgan fingerprint density at radius 1 is 0.682 bits per heavy atom. The zero-order valence-electron chi connectivity index (χ0n) is 11.7. The molecule has 108 valence electrons. The SMILES string of the molecule is Oc1cccc2cccnc12.Sc1cccc2cccnc12. The lowest BCUT2D eigenvalue weighted by Gasteiger charge is -1.97. The van der Waals surface area contributed by atoms with E-state index in [1.165, 1.54) is 0 Å². The molecule has 2 aromatic heterocycles. The lowest BCUT2D eigenvalue weighted by Crippen LogP contribution is -1.77. The van der Waals surface area contributed by atoms with E-state index in [1.807, 2.05) is 48.5 Å². The van der Waals surface area contributed by atoms with Crippen molar-refractivity contribution in [3.63, 3.8) is 0 Å². The van der Waals surface area contributed by atoms with Crippen molar-refractivity contribution in [3.8, 4) is 5.75 Å². The van der Waals surface area contributed by atoms with Gasteiger partial charge in [0.2, 0.25) is 0 Å². The summed E-state index contributed by atoms with van der Waals surface area (Å²) in [5.74, 6) is 0.239. The van der Waals surface area contributed by atoms with Gasteiger partial charge in [0.05, 0.1) is 5.52 Å². The number of hydrogen-bond donors (Lipinski definition) is 2. The van der Waals surface area contributed by atoms with E-state index < -0.39 is 0 Å². The smallest absolute Gasteiger partial charge is 0.141 e. The van der Waals surface area contributed by atoms with E-state index in [9.17, 15) is 5.11 Å². The quantitative estimate of drug-likeness (QED) is 0.471. The van der Waals surface area contributed by atoms with E-state index in [0.29, 0.717) is 5.52 Å². The van der Waals surface area contributed by atoms with Gasteiger partial charge < -0.3 is 5.11 Å². The summed E-state index contributed by atoms with van der Waals surface area (Å²) < 4.78 is 0. The van der Waals surface area contributed by atoms with Crippen LogP contribution in [0.5, 0.6) is 5.75 Å². The molecule has 0 unspecified atom stereocenters. The van der Waals surface area contributed by atoms with Crippen molar-refractivity contribution in [1.29, 1.82) is 0 Å². The minimum atomic E-state index is 0.239. The van der Waals surface area contributed by atoms with Crippen LogP contribution in [0.25, 0.3) is 21.8 Å². The maximum absolute atomic E-state index is 9.31. The van der Waals surface area contributed by atoms with E-state index in [2.05, 4.69) is 22.6 Å². The first-order chi connectivity index (χ1) is 10.8. The van der Waals surface area contributed by atoms with Crippen LogP contribution < -0.4 is 0 Å². The van der Waals surface area contributed by atoms with Gasteiger partial charge in [-0.05, 0) is 24.3 Å². The second kappa shape index (κ2) is 6.45. The highest BCUT2D eigenvalue weighted by Gasteiger charge is 1.96. The van der Waals surface area contributed by atoms with Crippen LogP contribution in [0.1, 0.15) is 0 Å². The van der Waals surface area contributed by atoms with Gasteiger partial charge in [-0.1, -0.05) is 36.4 Å². The number of fused-ring (bicyclic) bond motifs is 2. The highest BCUT2D eigenvalue weighted by molar-refractivity contribution is 7.80. The maximum Gasteiger partial charge on any atom is 0.141 e. The van der Waals surface area contributed by atoms with E-state index in [1.54, 1.807) is 24.5 Å². The summed E-state index contributed by atoms with van der Waals surface area (Å²) in [5, 5.41) is 11.4. The number of rotatable bonds is 0. The zero-order chi connectivity index (χ0) is 15.4. The summed E-state index contributed by atoms with van der Waals surface area (Å²) in [4.78, 5) is 9.17. The van der Waals surface area contributed by atoms with Gasteiger partial charge in [0.15, 0.2) is 0 Å². The van der Waals surface area contributed by atoms with Crippen molar-refractivity contribution in [2.24, 2.45) is 0 Å². The Morgan fingerprint density at radius 3 is 1.86 bits per heavy atom. The van der Waals surface area contributed by atoms with Gasteiger partial charge >= 0.3 is 0 Å². The van der Waals surface area contributed by atoms with Gasteiger partial charge in [-0.2, -0.15) is 0 Å². The zero-order valence-corrected chi connectivity index (χ0v) is 12.6.